The fourth-order valence-electron chi connectivity index (χ4n) is 2.35. The molecule has 0 N–H and O–H groups in total. The number of benzene rings is 2. The summed E-state index contributed by atoms with van der Waals surface area (Å²) in [7, 11) is 0. The number of fused-ring (bicyclic) bond motifs is 1. The fourth-order valence-corrected chi connectivity index (χ4v) is 2.35. The van der Waals surface area contributed by atoms with Gasteiger partial charge in [0.2, 0.25) is 0 Å². The van der Waals surface area contributed by atoms with Gasteiger partial charge in [-0.05, 0) is 31.0 Å². The molecule has 2 aromatic carbocycles. The number of rotatable bonds is 1. The molecular weight excluding hydrogens is 218 g/mol. The first kappa shape index (κ1) is 11.0. The van der Waals surface area contributed by atoms with E-state index in [1.807, 2.05) is 12.3 Å². The Morgan fingerprint density at radius 2 is 1.67 bits per heavy atom. The summed E-state index contributed by atoms with van der Waals surface area (Å²) in [5.41, 5.74) is 6.14. The minimum atomic E-state index is 1.08. The van der Waals surface area contributed by atoms with Gasteiger partial charge in [0.15, 0.2) is 0 Å². The molecule has 1 aromatic heterocycles. The van der Waals surface area contributed by atoms with Gasteiger partial charge in [-0.15, -0.1) is 0 Å². The number of hydrogen-bond acceptors (Lipinski definition) is 1. The van der Waals surface area contributed by atoms with Crippen LogP contribution in [0.5, 0.6) is 0 Å². The Bertz CT molecular complexity index is 708. The largest absolute Gasteiger partial charge is 0.256 e. The van der Waals surface area contributed by atoms with E-state index in [2.05, 4.69) is 61.3 Å². The molecule has 0 aliphatic carbocycles. The third kappa shape index (κ3) is 1.78. The van der Waals surface area contributed by atoms with Crippen LogP contribution in [0.2, 0.25) is 0 Å². The van der Waals surface area contributed by atoms with E-state index in [-0.39, 0.29) is 0 Å². The lowest BCUT2D eigenvalue weighted by Crippen LogP contribution is -1.88. The highest BCUT2D eigenvalue weighted by Gasteiger charge is 2.07. The molecule has 0 atom stereocenters. The van der Waals surface area contributed by atoms with Crippen molar-refractivity contribution in [3.63, 3.8) is 0 Å². The molecule has 1 heterocycles. The SMILES string of the molecule is Cc1ccc(C)c(-c2cccc3cccnc23)c1. The van der Waals surface area contributed by atoms with Crippen molar-refractivity contribution in [1.29, 1.82) is 0 Å². The third-order valence-electron chi connectivity index (χ3n) is 3.32. The van der Waals surface area contributed by atoms with Gasteiger partial charge in [-0.1, -0.05) is 48.0 Å². The maximum atomic E-state index is 4.53. The van der Waals surface area contributed by atoms with Gasteiger partial charge in [-0.2, -0.15) is 0 Å². The quantitative estimate of drug-likeness (QED) is 0.602. The summed E-state index contributed by atoms with van der Waals surface area (Å²) in [5.74, 6) is 0. The molecule has 0 bridgehead atoms. The van der Waals surface area contributed by atoms with E-state index >= 15 is 0 Å². The summed E-state index contributed by atoms with van der Waals surface area (Å²) in [5, 5.41) is 1.19. The zero-order chi connectivity index (χ0) is 12.5. The van der Waals surface area contributed by atoms with Crippen LogP contribution in [0.1, 0.15) is 11.1 Å². The molecule has 0 saturated carbocycles. The summed E-state index contributed by atoms with van der Waals surface area (Å²) in [4.78, 5) is 4.53. The van der Waals surface area contributed by atoms with E-state index in [4.69, 9.17) is 0 Å². The van der Waals surface area contributed by atoms with Gasteiger partial charge in [0.05, 0.1) is 5.52 Å². The van der Waals surface area contributed by atoms with Crippen LogP contribution in [-0.2, 0) is 0 Å². The first-order valence-corrected chi connectivity index (χ1v) is 6.17. The number of aromatic nitrogens is 1. The first-order chi connectivity index (χ1) is 8.75. The van der Waals surface area contributed by atoms with Crippen LogP contribution in [0, 0.1) is 13.8 Å². The average molecular weight is 233 g/mol. The highest BCUT2D eigenvalue weighted by Crippen LogP contribution is 2.29. The van der Waals surface area contributed by atoms with Crippen molar-refractivity contribution < 1.29 is 0 Å². The van der Waals surface area contributed by atoms with Crippen LogP contribution in [-0.4, -0.2) is 4.98 Å². The maximum Gasteiger partial charge on any atom is 0.0780 e. The summed E-state index contributed by atoms with van der Waals surface area (Å²) >= 11 is 0. The lowest BCUT2D eigenvalue weighted by molar-refractivity contribution is 1.37. The number of pyridine rings is 1. The van der Waals surface area contributed by atoms with Crippen molar-refractivity contribution in [2.45, 2.75) is 13.8 Å². The van der Waals surface area contributed by atoms with Gasteiger partial charge >= 0.3 is 0 Å². The van der Waals surface area contributed by atoms with Gasteiger partial charge in [-0.25, -0.2) is 0 Å². The summed E-state index contributed by atoms with van der Waals surface area (Å²) in [6, 6.07) is 17.0. The van der Waals surface area contributed by atoms with E-state index in [1.54, 1.807) is 0 Å². The molecule has 0 aliphatic rings. The van der Waals surface area contributed by atoms with E-state index in [0.717, 1.165) is 5.52 Å². The summed E-state index contributed by atoms with van der Waals surface area (Å²) in [6.45, 7) is 4.28. The molecule has 0 spiro atoms. The van der Waals surface area contributed by atoms with Crippen molar-refractivity contribution in [3.05, 3.63) is 65.9 Å². The van der Waals surface area contributed by atoms with Crippen molar-refractivity contribution in [2.75, 3.05) is 0 Å². The lowest BCUT2D eigenvalue weighted by atomic mass is 9.96. The smallest absolute Gasteiger partial charge is 0.0780 e. The Morgan fingerprint density at radius 3 is 2.56 bits per heavy atom. The lowest BCUT2D eigenvalue weighted by Gasteiger charge is -2.09. The maximum absolute atomic E-state index is 4.53. The molecule has 1 nitrogen and oxygen atoms in total. The molecule has 3 aromatic rings. The van der Waals surface area contributed by atoms with E-state index in [0.29, 0.717) is 0 Å². The molecule has 0 unspecified atom stereocenters. The van der Waals surface area contributed by atoms with Crippen molar-refractivity contribution in [1.82, 2.24) is 4.98 Å². The van der Waals surface area contributed by atoms with Crippen molar-refractivity contribution in [3.8, 4) is 11.1 Å². The van der Waals surface area contributed by atoms with E-state index in [1.165, 1.54) is 27.6 Å². The van der Waals surface area contributed by atoms with Crippen LogP contribution >= 0.6 is 0 Å². The molecular formula is C17H15N. The molecule has 88 valence electrons. The molecule has 3 rings (SSSR count). The standard InChI is InChI=1S/C17H15N/c1-12-8-9-13(2)16(11-12)15-7-3-5-14-6-4-10-18-17(14)15/h3-11H,1-2H3. The molecule has 18 heavy (non-hydrogen) atoms. The van der Waals surface area contributed by atoms with Gasteiger partial charge in [-0.3, -0.25) is 4.98 Å². The molecule has 0 amide bonds. The third-order valence-corrected chi connectivity index (χ3v) is 3.32. The zero-order valence-electron chi connectivity index (χ0n) is 10.6. The number of para-hydroxylation sites is 1. The normalized spacial score (nSPS) is 10.8. The van der Waals surface area contributed by atoms with Gasteiger partial charge < -0.3 is 0 Å². The predicted octanol–water partition coefficient (Wildman–Crippen LogP) is 4.52. The topological polar surface area (TPSA) is 12.9 Å². The molecule has 0 fully saturated rings. The second-order valence-corrected chi connectivity index (χ2v) is 4.70. The van der Waals surface area contributed by atoms with Crippen LogP contribution < -0.4 is 0 Å². The van der Waals surface area contributed by atoms with Crippen molar-refractivity contribution >= 4 is 10.9 Å². The van der Waals surface area contributed by atoms with Crippen LogP contribution in [0.3, 0.4) is 0 Å². The predicted molar refractivity (Wildman–Crippen MR) is 76.7 cm³/mol. The summed E-state index contributed by atoms with van der Waals surface area (Å²) < 4.78 is 0. The second-order valence-electron chi connectivity index (χ2n) is 4.70. The van der Waals surface area contributed by atoms with E-state index in [9.17, 15) is 0 Å². The fraction of sp³-hybridized carbons (Fsp3) is 0.118. The number of hydrogen-bond donors (Lipinski definition) is 0. The highest BCUT2D eigenvalue weighted by molar-refractivity contribution is 5.94. The van der Waals surface area contributed by atoms with Crippen molar-refractivity contribution in [2.24, 2.45) is 0 Å². The molecule has 0 radical (unpaired) electrons. The molecule has 0 saturated heterocycles. The molecule has 0 aliphatic heterocycles. The van der Waals surface area contributed by atoms with Crippen LogP contribution in [0.4, 0.5) is 0 Å². The van der Waals surface area contributed by atoms with Gasteiger partial charge in [0.1, 0.15) is 0 Å². The van der Waals surface area contributed by atoms with E-state index < -0.39 is 0 Å². The average Bonchev–Trinajstić information content (AvgIpc) is 2.41. The van der Waals surface area contributed by atoms with Gasteiger partial charge in [0, 0.05) is 17.1 Å². The summed E-state index contributed by atoms with van der Waals surface area (Å²) in [6.07, 6.45) is 1.86. The highest BCUT2D eigenvalue weighted by atomic mass is 14.6. The Balaban J connectivity index is 2.35. The van der Waals surface area contributed by atoms with Crippen LogP contribution in [0.15, 0.2) is 54.7 Å². The Hall–Kier alpha value is -2.15. The second kappa shape index (κ2) is 4.26. The Morgan fingerprint density at radius 1 is 0.833 bits per heavy atom. The Labute approximate surface area is 107 Å². The first-order valence-electron chi connectivity index (χ1n) is 6.17. The number of aryl methyl sites for hydroxylation is 2. The monoisotopic (exact) mass is 233 g/mol. The number of nitrogens with zero attached hydrogens (tertiary/aromatic N) is 1. The van der Waals surface area contributed by atoms with Gasteiger partial charge in [0.25, 0.3) is 0 Å². The Kier molecular flexibility index (Phi) is 2.60. The minimum Gasteiger partial charge on any atom is -0.256 e. The van der Waals surface area contributed by atoms with Crippen LogP contribution in [0.25, 0.3) is 22.0 Å². The zero-order valence-corrected chi connectivity index (χ0v) is 10.6. The molecule has 1 heteroatoms. The minimum absolute atomic E-state index is 1.08.